The van der Waals surface area contributed by atoms with Gasteiger partial charge in [-0.05, 0) is 30.2 Å². The first kappa shape index (κ1) is 30.6. The van der Waals surface area contributed by atoms with Crippen LogP contribution in [-0.4, -0.2) is 58.9 Å². The normalized spacial score (nSPS) is 14.4. The molecule has 1 rings (SSSR count). The molecule has 11 nitrogen and oxygen atoms in total. The molecule has 0 aromatic heterocycles. The Hall–Kier alpha value is -3.47. The zero-order valence-electron chi connectivity index (χ0n) is 21.3. The lowest BCUT2D eigenvalue weighted by Gasteiger charge is -2.26. The number of nitrogens with one attached hydrogen (secondary N) is 3. The fourth-order valence-electron chi connectivity index (χ4n) is 3.59. The Bertz CT molecular complexity index is 905. The van der Waals surface area contributed by atoms with Gasteiger partial charge in [-0.3, -0.25) is 19.2 Å². The van der Waals surface area contributed by atoms with Crippen molar-refractivity contribution >= 4 is 29.6 Å². The van der Waals surface area contributed by atoms with E-state index in [2.05, 4.69) is 16.0 Å². The first-order chi connectivity index (χ1) is 16.8. The van der Waals surface area contributed by atoms with Crippen molar-refractivity contribution in [3.63, 3.8) is 0 Å². The van der Waals surface area contributed by atoms with Gasteiger partial charge in [-0.1, -0.05) is 58.0 Å². The summed E-state index contributed by atoms with van der Waals surface area (Å²) in [5.74, 6) is -3.90. The van der Waals surface area contributed by atoms with Crippen LogP contribution in [0.2, 0.25) is 0 Å². The van der Waals surface area contributed by atoms with Crippen molar-refractivity contribution in [2.45, 2.75) is 77.5 Å². The van der Waals surface area contributed by atoms with Gasteiger partial charge in [0.05, 0.1) is 12.5 Å². The van der Waals surface area contributed by atoms with E-state index in [4.69, 9.17) is 11.5 Å². The number of carbonyl (C=O) groups is 5. The molecule has 0 aliphatic heterocycles. The quantitative estimate of drug-likeness (QED) is 0.194. The van der Waals surface area contributed by atoms with Crippen molar-refractivity contribution in [3.8, 4) is 0 Å². The van der Waals surface area contributed by atoms with Crippen molar-refractivity contribution in [3.05, 3.63) is 35.9 Å². The second kappa shape index (κ2) is 14.8. The number of hydrogen-bond acceptors (Lipinski definition) is 6. The summed E-state index contributed by atoms with van der Waals surface area (Å²) >= 11 is 0. The molecule has 0 saturated carbocycles. The number of rotatable bonds is 15. The summed E-state index contributed by atoms with van der Waals surface area (Å²) in [6, 6.07) is 4.44. The molecule has 0 aliphatic rings. The molecule has 0 fully saturated rings. The molecule has 0 saturated heterocycles. The predicted octanol–water partition coefficient (Wildman–Crippen LogP) is 0.0630. The molecule has 0 aliphatic carbocycles. The van der Waals surface area contributed by atoms with Crippen LogP contribution in [0.25, 0.3) is 0 Å². The topological polar surface area (TPSA) is 194 Å². The molecule has 8 N–H and O–H groups in total. The van der Waals surface area contributed by atoms with E-state index >= 15 is 0 Å². The summed E-state index contributed by atoms with van der Waals surface area (Å²) in [5, 5.41) is 17.2. The maximum atomic E-state index is 13.3. The molecule has 0 spiro atoms. The van der Waals surface area contributed by atoms with Crippen molar-refractivity contribution in [1.82, 2.24) is 16.0 Å². The number of primary amides is 1. The van der Waals surface area contributed by atoms with Crippen LogP contribution < -0.4 is 27.4 Å². The third kappa shape index (κ3) is 11.3. The minimum Gasteiger partial charge on any atom is -0.480 e. The van der Waals surface area contributed by atoms with E-state index in [0.29, 0.717) is 0 Å². The van der Waals surface area contributed by atoms with Gasteiger partial charge < -0.3 is 32.5 Å². The molecule has 0 radical (unpaired) electrons. The highest BCUT2D eigenvalue weighted by Crippen LogP contribution is 2.10. The molecule has 1 aromatic carbocycles. The Morgan fingerprint density at radius 3 is 1.75 bits per heavy atom. The summed E-state index contributed by atoms with van der Waals surface area (Å²) in [7, 11) is 0. The number of carboxylic acids is 1. The highest BCUT2D eigenvalue weighted by molar-refractivity contribution is 5.95. The second-order valence-corrected chi connectivity index (χ2v) is 9.75. The maximum Gasteiger partial charge on any atom is 0.326 e. The largest absolute Gasteiger partial charge is 0.480 e. The van der Waals surface area contributed by atoms with Crippen LogP contribution in [0.4, 0.5) is 0 Å². The van der Waals surface area contributed by atoms with Crippen molar-refractivity contribution in [1.29, 1.82) is 0 Å². The van der Waals surface area contributed by atoms with Gasteiger partial charge in [0, 0.05) is 6.42 Å². The van der Waals surface area contributed by atoms with Gasteiger partial charge in [0.2, 0.25) is 23.6 Å². The van der Waals surface area contributed by atoms with E-state index < -0.39 is 60.2 Å². The van der Waals surface area contributed by atoms with Crippen LogP contribution in [0, 0.1) is 11.8 Å². The molecule has 0 heterocycles. The smallest absolute Gasteiger partial charge is 0.326 e. The Morgan fingerprint density at radius 1 is 0.778 bits per heavy atom. The van der Waals surface area contributed by atoms with Crippen molar-refractivity contribution in [2.24, 2.45) is 23.3 Å². The zero-order valence-corrected chi connectivity index (χ0v) is 21.3. The van der Waals surface area contributed by atoms with E-state index in [-0.39, 0.29) is 31.1 Å². The van der Waals surface area contributed by atoms with E-state index in [1.54, 1.807) is 30.3 Å². The zero-order chi connectivity index (χ0) is 27.4. The lowest BCUT2D eigenvalue weighted by atomic mass is 9.99. The van der Waals surface area contributed by atoms with Gasteiger partial charge in [0.25, 0.3) is 0 Å². The molecule has 36 heavy (non-hydrogen) atoms. The third-order valence-corrected chi connectivity index (χ3v) is 5.34. The number of carboxylic acid groups (broad SMARTS) is 1. The fourth-order valence-corrected chi connectivity index (χ4v) is 3.59. The average Bonchev–Trinajstić information content (AvgIpc) is 2.77. The molecule has 11 heteroatoms. The van der Waals surface area contributed by atoms with Crippen LogP contribution in [0.5, 0.6) is 0 Å². The van der Waals surface area contributed by atoms with Gasteiger partial charge in [-0.25, -0.2) is 4.79 Å². The summed E-state index contributed by atoms with van der Waals surface area (Å²) in [4.78, 5) is 61.6. The van der Waals surface area contributed by atoms with Crippen LogP contribution in [0.1, 0.15) is 52.5 Å². The van der Waals surface area contributed by atoms with Crippen molar-refractivity contribution in [2.75, 3.05) is 0 Å². The fraction of sp³-hybridized carbons (Fsp3) is 0.560. The molecule has 0 bridgehead atoms. The number of nitrogens with two attached hydrogens (primary N) is 2. The first-order valence-electron chi connectivity index (χ1n) is 12.0. The summed E-state index contributed by atoms with van der Waals surface area (Å²) in [6.07, 6.45) is 0.186. The molecular formula is C25H39N5O6. The standard InChI is InChI=1S/C25H39N5O6/c1-14(2)10-18(23(33)30-20(25(35)36)11-15(3)4)29-24(34)19(12-16-8-6-5-7-9-16)28-22(32)17(26)13-21(27)31/h5-9,14-15,17-20H,10-13,26H2,1-4H3,(H2,27,31)(H,28,32)(H,29,34)(H,30,33)(H,35,36). The third-order valence-electron chi connectivity index (χ3n) is 5.34. The minimum atomic E-state index is -1.24. The Morgan fingerprint density at radius 2 is 1.25 bits per heavy atom. The van der Waals surface area contributed by atoms with Crippen molar-refractivity contribution < 1.29 is 29.1 Å². The number of aliphatic carboxylic acids is 1. The summed E-state index contributed by atoms with van der Waals surface area (Å²) in [5.41, 5.74) is 11.6. The lowest BCUT2D eigenvalue weighted by Crippen LogP contribution is -2.58. The summed E-state index contributed by atoms with van der Waals surface area (Å²) < 4.78 is 0. The van der Waals surface area contributed by atoms with Crippen LogP contribution in [-0.2, 0) is 30.4 Å². The highest BCUT2D eigenvalue weighted by Gasteiger charge is 2.31. The molecule has 4 atom stereocenters. The molecule has 4 amide bonds. The van der Waals surface area contributed by atoms with Gasteiger partial charge in [0.15, 0.2) is 0 Å². The maximum absolute atomic E-state index is 13.3. The minimum absolute atomic E-state index is 0.000537. The molecular weight excluding hydrogens is 466 g/mol. The molecule has 1 aromatic rings. The SMILES string of the molecule is CC(C)CC(NC(=O)C(CC(C)C)NC(=O)C(Cc1ccccc1)NC(=O)C(N)CC(N)=O)C(=O)O. The van der Waals surface area contributed by atoms with E-state index in [9.17, 15) is 29.1 Å². The first-order valence-corrected chi connectivity index (χ1v) is 12.0. The number of amides is 4. The second-order valence-electron chi connectivity index (χ2n) is 9.75. The Kier molecular flexibility index (Phi) is 12.6. The van der Waals surface area contributed by atoms with E-state index in [0.717, 1.165) is 5.56 Å². The number of carbonyl (C=O) groups excluding carboxylic acids is 4. The summed E-state index contributed by atoms with van der Waals surface area (Å²) in [6.45, 7) is 7.41. The number of benzene rings is 1. The van der Waals surface area contributed by atoms with Gasteiger partial charge >= 0.3 is 5.97 Å². The number of hydrogen-bond donors (Lipinski definition) is 6. The van der Waals surface area contributed by atoms with Crippen LogP contribution >= 0.6 is 0 Å². The Balaban J connectivity index is 3.11. The highest BCUT2D eigenvalue weighted by atomic mass is 16.4. The van der Waals surface area contributed by atoms with E-state index in [1.807, 2.05) is 27.7 Å². The molecule has 200 valence electrons. The van der Waals surface area contributed by atoms with Gasteiger partial charge in [-0.15, -0.1) is 0 Å². The van der Waals surface area contributed by atoms with Crippen LogP contribution in [0.15, 0.2) is 30.3 Å². The monoisotopic (exact) mass is 505 g/mol. The van der Waals surface area contributed by atoms with Gasteiger partial charge in [-0.2, -0.15) is 0 Å². The van der Waals surface area contributed by atoms with E-state index in [1.165, 1.54) is 0 Å². The predicted molar refractivity (Wildman–Crippen MR) is 134 cm³/mol. The van der Waals surface area contributed by atoms with Crippen LogP contribution in [0.3, 0.4) is 0 Å². The van der Waals surface area contributed by atoms with Gasteiger partial charge in [0.1, 0.15) is 18.1 Å². The Labute approximate surface area is 211 Å². The average molecular weight is 506 g/mol. The molecule has 4 unspecified atom stereocenters. The lowest BCUT2D eigenvalue weighted by molar-refractivity contribution is -0.143.